The van der Waals surface area contributed by atoms with Gasteiger partial charge in [-0.15, -0.1) is 0 Å². The standard InChI is InChI=1S/C13H19N5O3/c1-8-10(6-15-18(8)5-3-4-14)13(21)17-7-11(19)16-12(20)9(17)2/h6,9H,3-5,7,14H2,1-2H3,(H,16,19,20). The molecule has 1 aromatic rings. The van der Waals surface area contributed by atoms with Crippen molar-refractivity contribution in [2.75, 3.05) is 13.1 Å². The van der Waals surface area contributed by atoms with Crippen LogP contribution in [0.3, 0.4) is 0 Å². The maximum Gasteiger partial charge on any atom is 0.258 e. The Labute approximate surface area is 122 Å². The second-order valence-electron chi connectivity index (χ2n) is 5.03. The van der Waals surface area contributed by atoms with E-state index in [1.807, 2.05) is 0 Å². The third-order valence-electron chi connectivity index (χ3n) is 3.59. The highest BCUT2D eigenvalue weighted by Gasteiger charge is 2.35. The van der Waals surface area contributed by atoms with Crippen molar-refractivity contribution in [3.8, 4) is 0 Å². The number of rotatable bonds is 4. The molecule has 1 unspecified atom stereocenters. The van der Waals surface area contributed by atoms with Crippen LogP contribution in [0.5, 0.6) is 0 Å². The van der Waals surface area contributed by atoms with Gasteiger partial charge in [0.15, 0.2) is 0 Å². The number of hydrogen-bond donors (Lipinski definition) is 2. The van der Waals surface area contributed by atoms with Crippen molar-refractivity contribution in [2.24, 2.45) is 5.73 Å². The molecular formula is C13H19N5O3. The smallest absolute Gasteiger partial charge is 0.258 e. The van der Waals surface area contributed by atoms with Gasteiger partial charge in [-0.2, -0.15) is 5.10 Å². The van der Waals surface area contributed by atoms with Gasteiger partial charge in [0.1, 0.15) is 12.6 Å². The number of nitrogens with zero attached hydrogens (tertiary/aromatic N) is 3. The van der Waals surface area contributed by atoms with E-state index in [0.29, 0.717) is 24.3 Å². The number of nitrogens with two attached hydrogens (primary N) is 1. The fraction of sp³-hybridized carbons (Fsp3) is 0.538. The first-order valence-electron chi connectivity index (χ1n) is 6.82. The lowest BCUT2D eigenvalue weighted by molar-refractivity contribution is -0.138. The minimum absolute atomic E-state index is 0.126. The topological polar surface area (TPSA) is 110 Å². The molecule has 0 aliphatic carbocycles. The predicted octanol–water partition coefficient (Wildman–Crippen LogP) is -0.973. The molecule has 1 aromatic heterocycles. The fourth-order valence-electron chi connectivity index (χ4n) is 2.24. The predicted molar refractivity (Wildman–Crippen MR) is 74.3 cm³/mol. The van der Waals surface area contributed by atoms with E-state index in [1.54, 1.807) is 18.5 Å². The molecule has 21 heavy (non-hydrogen) atoms. The van der Waals surface area contributed by atoms with Crippen molar-refractivity contribution in [3.63, 3.8) is 0 Å². The molecule has 1 atom stereocenters. The van der Waals surface area contributed by atoms with Crippen LogP contribution in [0.4, 0.5) is 0 Å². The highest BCUT2D eigenvalue weighted by molar-refractivity contribution is 6.07. The highest BCUT2D eigenvalue weighted by Crippen LogP contribution is 2.15. The van der Waals surface area contributed by atoms with Crippen molar-refractivity contribution in [2.45, 2.75) is 32.9 Å². The van der Waals surface area contributed by atoms with Gasteiger partial charge in [-0.3, -0.25) is 24.4 Å². The van der Waals surface area contributed by atoms with Crippen LogP contribution in [0.15, 0.2) is 6.20 Å². The fourth-order valence-corrected chi connectivity index (χ4v) is 2.24. The van der Waals surface area contributed by atoms with Crippen LogP contribution < -0.4 is 11.1 Å². The summed E-state index contributed by atoms with van der Waals surface area (Å²) < 4.78 is 1.70. The first-order chi connectivity index (χ1) is 9.95. The molecule has 3 N–H and O–H groups in total. The second-order valence-corrected chi connectivity index (χ2v) is 5.03. The summed E-state index contributed by atoms with van der Waals surface area (Å²) in [5.41, 5.74) is 6.57. The molecule has 0 aromatic carbocycles. The minimum Gasteiger partial charge on any atom is -0.330 e. The molecule has 1 fully saturated rings. The Morgan fingerprint density at radius 2 is 2.24 bits per heavy atom. The molecular weight excluding hydrogens is 274 g/mol. The number of piperazine rings is 1. The van der Waals surface area contributed by atoms with Gasteiger partial charge in [-0.1, -0.05) is 0 Å². The summed E-state index contributed by atoms with van der Waals surface area (Å²) in [4.78, 5) is 36.8. The Hall–Kier alpha value is -2.22. The summed E-state index contributed by atoms with van der Waals surface area (Å²) >= 11 is 0. The van der Waals surface area contributed by atoms with Crippen LogP contribution in [0.2, 0.25) is 0 Å². The van der Waals surface area contributed by atoms with E-state index in [9.17, 15) is 14.4 Å². The summed E-state index contributed by atoms with van der Waals surface area (Å²) in [6, 6.07) is -0.679. The van der Waals surface area contributed by atoms with E-state index >= 15 is 0 Å². The van der Waals surface area contributed by atoms with E-state index in [-0.39, 0.29) is 12.5 Å². The van der Waals surface area contributed by atoms with Gasteiger partial charge >= 0.3 is 0 Å². The first-order valence-corrected chi connectivity index (χ1v) is 6.82. The molecule has 0 spiro atoms. The third kappa shape index (κ3) is 2.94. The monoisotopic (exact) mass is 293 g/mol. The summed E-state index contributed by atoms with van der Waals surface area (Å²) in [5, 5.41) is 6.37. The molecule has 2 rings (SSSR count). The Balaban J connectivity index is 2.21. The first kappa shape index (κ1) is 15.2. The van der Waals surface area contributed by atoms with Crippen LogP contribution in [0.25, 0.3) is 0 Å². The van der Waals surface area contributed by atoms with E-state index in [1.165, 1.54) is 11.1 Å². The molecule has 3 amide bonds. The van der Waals surface area contributed by atoms with Crippen molar-refractivity contribution in [1.29, 1.82) is 0 Å². The Kier molecular flexibility index (Phi) is 4.37. The van der Waals surface area contributed by atoms with Crippen molar-refractivity contribution in [1.82, 2.24) is 20.0 Å². The van der Waals surface area contributed by atoms with Crippen LogP contribution in [0, 0.1) is 6.92 Å². The van der Waals surface area contributed by atoms with Crippen LogP contribution >= 0.6 is 0 Å². The molecule has 1 aliphatic rings. The Morgan fingerprint density at radius 3 is 2.90 bits per heavy atom. The zero-order valence-electron chi connectivity index (χ0n) is 12.1. The minimum atomic E-state index is -0.679. The van der Waals surface area contributed by atoms with Gasteiger partial charge in [0.25, 0.3) is 5.91 Å². The molecule has 0 saturated carbocycles. The quantitative estimate of drug-likeness (QED) is 0.694. The number of nitrogens with one attached hydrogen (secondary N) is 1. The van der Waals surface area contributed by atoms with Crippen LogP contribution in [0.1, 0.15) is 29.4 Å². The lowest BCUT2D eigenvalue weighted by Crippen LogP contribution is -2.58. The van der Waals surface area contributed by atoms with E-state index < -0.39 is 17.9 Å². The van der Waals surface area contributed by atoms with Gasteiger partial charge in [0.05, 0.1) is 11.8 Å². The number of imide groups is 1. The van der Waals surface area contributed by atoms with Gasteiger partial charge in [0.2, 0.25) is 11.8 Å². The number of amides is 3. The molecule has 8 heteroatoms. The number of carbonyl (C=O) groups is 3. The number of aromatic nitrogens is 2. The normalized spacial score (nSPS) is 18.8. The van der Waals surface area contributed by atoms with Crippen molar-refractivity contribution in [3.05, 3.63) is 17.5 Å². The molecule has 8 nitrogen and oxygen atoms in total. The summed E-state index contributed by atoms with van der Waals surface area (Å²) in [6.07, 6.45) is 2.23. The lowest BCUT2D eigenvalue weighted by atomic mass is 10.1. The van der Waals surface area contributed by atoms with Gasteiger partial charge < -0.3 is 10.6 Å². The average molecular weight is 293 g/mol. The van der Waals surface area contributed by atoms with Crippen LogP contribution in [-0.4, -0.2) is 51.5 Å². The molecule has 0 bridgehead atoms. The summed E-state index contributed by atoms with van der Waals surface area (Å²) in [7, 11) is 0. The van der Waals surface area contributed by atoms with Gasteiger partial charge in [-0.05, 0) is 26.8 Å². The molecule has 114 valence electrons. The highest BCUT2D eigenvalue weighted by atomic mass is 16.2. The van der Waals surface area contributed by atoms with E-state index in [4.69, 9.17) is 5.73 Å². The summed E-state index contributed by atoms with van der Waals surface area (Å²) in [5.74, 6) is -1.30. The van der Waals surface area contributed by atoms with Gasteiger partial charge in [0, 0.05) is 12.2 Å². The SMILES string of the molecule is Cc1c(C(=O)N2CC(=O)NC(=O)C2C)cnn1CCCN. The Morgan fingerprint density at radius 1 is 1.52 bits per heavy atom. The number of carbonyl (C=O) groups excluding carboxylic acids is 3. The average Bonchev–Trinajstić information content (AvgIpc) is 2.81. The molecule has 0 radical (unpaired) electrons. The zero-order chi connectivity index (χ0) is 15.6. The maximum atomic E-state index is 12.5. The van der Waals surface area contributed by atoms with Gasteiger partial charge in [-0.25, -0.2) is 0 Å². The molecule has 1 aliphatic heterocycles. The Bertz CT molecular complexity index is 580. The van der Waals surface area contributed by atoms with E-state index in [2.05, 4.69) is 10.4 Å². The largest absolute Gasteiger partial charge is 0.330 e. The second kappa shape index (κ2) is 6.04. The maximum absolute atomic E-state index is 12.5. The van der Waals surface area contributed by atoms with Crippen molar-refractivity contribution >= 4 is 17.7 Å². The number of aryl methyl sites for hydroxylation is 1. The summed E-state index contributed by atoms with van der Waals surface area (Å²) in [6.45, 7) is 4.42. The van der Waals surface area contributed by atoms with Crippen molar-refractivity contribution < 1.29 is 14.4 Å². The number of hydrogen-bond acceptors (Lipinski definition) is 5. The zero-order valence-corrected chi connectivity index (χ0v) is 12.1. The third-order valence-corrected chi connectivity index (χ3v) is 3.59. The molecule has 2 heterocycles. The van der Waals surface area contributed by atoms with Crippen LogP contribution in [-0.2, 0) is 16.1 Å². The lowest BCUT2D eigenvalue weighted by Gasteiger charge is -2.31. The van der Waals surface area contributed by atoms with E-state index in [0.717, 1.165) is 6.42 Å². The molecule has 1 saturated heterocycles.